The molecule has 0 bridgehead atoms. The first-order valence-corrected chi connectivity index (χ1v) is 9.45. The van der Waals surface area contributed by atoms with Gasteiger partial charge < -0.3 is 9.84 Å². The number of nitro groups is 1. The third-order valence-electron chi connectivity index (χ3n) is 6.29. The van der Waals surface area contributed by atoms with Crippen LogP contribution in [0, 0.1) is 16.0 Å². The van der Waals surface area contributed by atoms with Crippen LogP contribution in [0.5, 0.6) is 0 Å². The van der Waals surface area contributed by atoms with E-state index in [2.05, 4.69) is 17.1 Å². The molecule has 1 aliphatic heterocycles. The molecular weight excluding hydrogens is 344 g/mol. The number of aromatic nitrogens is 1. The summed E-state index contributed by atoms with van der Waals surface area (Å²) in [5.74, 6) is 0.00623. The van der Waals surface area contributed by atoms with E-state index < -0.39 is 22.2 Å². The molecule has 3 atom stereocenters. The van der Waals surface area contributed by atoms with Crippen molar-refractivity contribution in [1.29, 1.82) is 0 Å². The van der Waals surface area contributed by atoms with Gasteiger partial charge in [-0.25, -0.2) is 0 Å². The van der Waals surface area contributed by atoms with Crippen molar-refractivity contribution in [3.05, 3.63) is 70.0 Å². The fourth-order valence-corrected chi connectivity index (χ4v) is 4.43. The molecule has 2 fully saturated rings. The number of aliphatic hydroxyl groups is 1. The summed E-state index contributed by atoms with van der Waals surface area (Å²) in [5, 5.41) is 22.7. The minimum atomic E-state index is -0.930. The molecule has 2 heterocycles. The Hall–Kier alpha value is -2.31. The van der Waals surface area contributed by atoms with E-state index in [0.29, 0.717) is 12.0 Å². The van der Waals surface area contributed by atoms with Gasteiger partial charge >= 0.3 is 0 Å². The normalized spacial score (nSPS) is 28.8. The van der Waals surface area contributed by atoms with Crippen LogP contribution in [-0.2, 0) is 11.2 Å². The van der Waals surface area contributed by atoms with Gasteiger partial charge in [-0.3, -0.25) is 15.1 Å². The van der Waals surface area contributed by atoms with Crippen LogP contribution in [-0.4, -0.2) is 26.2 Å². The van der Waals surface area contributed by atoms with E-state index in [1.165, 1.54) is 11.8 Å². The first-order chi connectivity index (χ1) is 12.9. The molecule has 0 amide bonds. The van der Waals surface area contributed by atoms with Crippen molar-refractivity contribution in [3.63, 3.8) is 0 Å². The van der Waals surface area contributed by atoms with Crippen molar-refractivity contribution in [2.24, 2.45) is 5.92 Å². The Morgan fingerprint density at radius 2 is 2.04 bits per heavy atom. The number of nitrogens with zero attached hydrogens (tertiary/aromatic N) is 2. The second kappa shape index (κ2) is 6.69. The highest BCUT2D eigenvalue weighted by atomic mass is 16.6. The van der Waals surface area contributed by atoms with Crippen LogP contribution in [0.1, 0.15) is 49.8 Å². The van der Waals surface area contributed by atoms with Gasteiger partial charge in [0, 0.05) is 6.20 Å². The van der Waals surface area contributed by atoms with E-state index >= 15 is 0 Å². The minimum absolute atomic E-state index is 0.00623. The summed E-state index contributed by atoms with van der Waals surface area (Å²) in [6.07, 6.45) is 6.28. The molecule has 2 aromatic rings. The standard InChI is InChI=1S/C21H24N2O4/c1-20(24)16(8-7-15-5-3-2-4-6-15)13-19(27-21(20)10-11-21)17-9-12-22-14-18(17)23(25)26/h2-6,9,12,14,16,19,24H,7-8,10-11,13H2,1H3/t16?,19-,20+/m1/s1. The number of benzene rings is 1. The van der Waals surface area contributed by atoms with Crippen LogP contribution in [0.3, 0.4) is 0 Å². The van der Waals surface area contributed by atoms with Crippen molar-refractivity contribution >= 4 is 5.69 Å². The lowest BCUT2D eigenvalue weighted by Crippen LogP contribution is -2.54. The third kappa shape index (κ3) is 3.24. The molecule has 4 rings (SSSR count). The maximum Gasteiger partial charge on any atom is 0.293 e. The van der Waals surface area contributed by atoms with Gasteiger partial charge in [-0.1, -0.05) is 30.3 Å². The number of aryl methyl sites for hydroxylation is 1. The molecule has 0 radical (unpaired) electrons. The summed E-state index contributed by atoms with van der Waals surface area (Å²) < 4.78 is 6.28. The average molecular weight is 368 g/mol. The molecule has 1 saturated heterocycles. The molecular formula is C21H24N2O4. The molecule has 2 aliphatic rings. The first-order valence-electron chi connectivity index (χ1n) is 9.45. The maximum atomic E-state index is 11.4. The first kappa shape index (κ1) is 18.1. The zero-order valence-electron chi connectivity index (χ0n) is 15.4. The van der Waals surface area contributed by atoms with E-state index in [0.717, 1.165) is 25.7 Å². The Bertz CT molecular complexity index is 833. The predicted octanol–water partition coefficient (Wildman–Crippen LogP) is 3.98. The topological polar surface area (TPSA) is 85.5 Å². The Kier molecular flexibility index (Phi) is 4.48. The quantitative estimate of drug-likeness (QED) is 0.637. The van der Waals surface area contributed by atoms with Crippen molar-refractivity contribution in [2.75, 3.05) is 0 Å². The molecule has 1 aromatic carbocycles. The van der Waals surface area contributed by atoms with Gasteiger partial charge in [0.2, 0.25) is 0 Å². The van der Waals surface area contributed by atoms with E-state index in [9.17, 15) is 15.2 Å². The zero-order chi connectivity index (χ0) is 19.1. The van der Waals surface area contributed by atoms with Crippen LogP contribution in [0.4, 0.5) is 5.69 Å². The summed E-state index contributed by atoms with van der Waals surface area (Å²) in [6.45, 7) is 1.87. The highest BCUT2D eigenvalue weighted by Crippen LogP contribution is 2.59. The van der Waals surface area contributed by atoms with Crippen molar-refractivity contribution in [1.82, 2.24) is 4.98 Å². The van der Waals surface area contributed by atoms with E-state index in [1.807, 2.05) is 25.1 Å². The monoisotopic (exact) mass is 368 g/mol. The highest BCUT2D eigenvalue weighted by Gasteiger charge is 2.64. The van der Waals surface area contributed by atoms with Gasteiger partial charge in [-0.15, -0.1) is 0 Å². The largest absolute Gasteiger partial charge is 0.387 e. The van der Waals surface area contributed by atoms with E-state index in [-0.39, 0.29) is 11.6 Å². The number of hydrogen-bond donors (Lipinski definition) is 1. The molecule has 27 heavy (non-hydrogen) atoms. The van der Waals surface area contributed by atoms with Crippen molar-refractivity contribution in [2.45, 2.75) is 56.3 Å². The van der Waals surface area contributed by atoms with Gasteiger partial charge in [0.25, 0.3) is 5.69 Å². The predicted molar refractivity (Wildman–Crippen MR) is 100 cm³/mol. The second-order valence-corrected chi connectivity index (χ2v) is 7.90. The fraction of sp³-hybridized carbons (Fsp3) is 0.476. The smallest absolute Gasteiger partial charge is 0.293 e. The van der Waals surface area contributed by atoms with E-state index in [1.54, 1.807) is 12.3 Å². The molecule has 1 unspecified atom stereocenters. The molecule has 6 nitrogen and oxygen atoms in total. The Morgan fingerprint density at radius 1 is 1.30 bits per heavy atom. The highest BCUT2D eigenvalue weighted by molar-refractivity contribution is 5.39. The van der Waals surface area contributed by atoms with Gasteiger partial charge in [0.15, 0.2) is 0 Å². The molecule has 1 aromatic heterocycles. The fourth-order valence-electron chi connectivity index (χ4n) is 4.43. The lowest BCUT2D eigenvalue weighted by Gasteiger charge is -2.47. The summed E-state index contributed by atoms with van der Waals surface area (Å²) in [5.41, 5.74) is 0.258. The van der Waals surface area contributed by atoms with Crippen LogP contribution in [0.2, 0.25) is 0 Å². The SMILES string of the molecule is C[C@]1(O)C(CCc2ccccc2)C[C@H](c2ccncc2[N+](=O)[O-])OC12CC2. The molecule has 142 valence electrons. The van der Waals surface area contributed by atoms with Gasteiger partial charge in [0.1, 0.15) is 6.20 Å². The van der Waals surface area contributed by atoms with Crippen LogP contribution >= 0.6 is 0 Å². The summed E-state index contributed by atoms with van der Waals surface area (Å²) in [7, 11) is 0. The number of rotatable bonds is 5. The van der Waals surface area contributed by atoms with Crippen LogP contribution in [0.15, 0.2) is 48.8 Å². The van der Waals surface area contributed by atoms with E-state index in [4.69, 9.17) is 4.74 Å². The Labute approximate surface area is 158 Å². The molecule has 1 aliphatic carbocycles. The van der Waals surface area contributed by atoms with Gasteiger partial charge in [-0.2, -0.15) is 0 Å². The number of ether oxygens (including phenoxy) is 1. The van der Waals surface area contributed by atoms with Crippen LogP contribution in [0.25, 0.3) is 0 Å². The Balaban J connectivity index is 1.60. The lowest BCUT2D eigenvalue weighted by molar-refractivity contribution is -0.387. The lowest BCUT2D eigenvalue weighted by atomic mass is 9.73. The summed E-state index contributed by atoms with van der Waals surface area (Å²) in [4.78, 5) is 14.9. The molecule has 1 N–H and O–H groups in total. The average Bonchev–Trinajstić information content (AvgIpc) is 3.45. The van der Waals surface area contributed by atoms with Gasteiger partial charge in [0.05, 0.1) is 27.8 Å². The summed E-state index contributed by atoms with van der Waals surface area (Å²) >= 11 is 0. The number of hydrogen-bond acceptors (Lipinski definition) is 5. The second-order valence-electron chi connectivity index (χ2n) is 7.90. The molecule has 1 spiro atoms. The van der Waals surface area contributed by atoms with Crippen molar-refractivity contribution < 1.29 is 14.8 Å². The van der Waals surface area contributed by atoms with Crippen LogP contribution < -0.4 is 0 Å². The molecule has 1 saturated carbocycles. The maximum absolute atomic E-state index is 11.4. The summed E-state index contributed by atoms with van der Waals surface area (Å²) in [6, 6.07) is 11.9. The van der Waals surface area contributed by atoms with Gasteiger partial charge in [-0.05, 0) is 56.6 Å². The number of pyridine rings is 1. The zero-order valence-corrected chi connectivity index (χ0v) is 15.4. The minimum Gasteiger partial charge on any atom is -0.387 e. The molecule has 6 heteroatoms. The Morgan fingerprint density at radius 3 is 2.70 bits per heavy atom. The third-order valence-corrected chi connectivity index (χ3v) is 6.29. The van der Waals surface area contributed by atoms with Crippen molar-refractivity contribution in [3.8, 4) is 0 Å².